The highest BCUT2D eigenvalue weighted by Crippen LogP contribution is 2.26. The third-order valence-electron chi connectivity index (χ3n) is 1.99. The van der Waals surface area contributed by atoms with Crippen LogP contribution >= 0.6 is 0 Å². The molecule has 0 amide bonds. The highest BCUT2D eigenvalue weighted by atomic mass is 19.4. The maximum atomic E-state index is 12.4. The van der Waals surface area contributed by atoms with E-state index in [0.717, 1.165) is 12.4 Å². The van der Waals surface area contributed by atoms with Crippen molar-refractivity contribution in [2.75, 3.05) is 0 Å². The van der Waals surface area contributed by atoms with Crippen molar-refractivity contribution in [3.8, 4) is 11.8 Å². The Balaban J connectivity index is 2.13. The van der Waals surface area contributed by atoms with Crippen molar-refractivity contribution in [3.05, 3.63) is 42.5 Å². The van der Waals surface area contributed by atoms with Crippen molar-refractivity contribution >= 4 is 0 Å². The lowest BCUT2D eigenvalue weighted by atomic mass is 10.3. The molecule has 7 heteroatoms. The molecule has 0 aliphatic carbocycles. The van der Waals surface area contributed by atoms with Gasteiger partial charge in [0.1, 0.15) is 17.7 Å². The second-order valence-corrected chi connectivity index (χ2v) is 3.32. The molecule has 2 heterocycles. The van der Waals surface area contributed by atoms with E-state index < -0.39 is 11.9 Å². The Hall–Kier alpha value is -2.36. The molecule has 0 radical (unpaired) electrons. The molecule has 0 aromatic carbocycles. The first-order chi connectivity index (χ1) is 8.55. The zero-order chi connectivity index (χ0) is 13.0. The van der Waals surface area contributed by atoms with Gasteiger partial charge in [0.2, 0.25) is 0 Å². The van der Waals surface area contributed by atoms with Gasteiger partial charge in [0.15, 0.2) is 0 Å². The Labute approximate surface area is 101 Å². The summed E-state index contributed by atoms with van der Waals surface area (Å²) in [6.45, 7) is 0.339. The zero-order valence-electron chi connectivity index (χ0n) is 9.02. The van der Waals surface area contributed by atoms with Crippen LogP contribution < -0.4 is 0 Å². The van der Waals surface area contributed by atoms with Gasteiger partial charge >= 0.3 is 6.18 Å². The number of aromatic nitrogens is 4. The fourth-order valence-corrected chi connectivity index (χ4v) is 1.18. The third-order valence-corrected chi connectivity index (χ3v) is 1.99. The number of alkyl halides is 3. The molecule has 0 atom stereocenters. The Kier molecular flexibility index (Phi) is 3.28. The predicted octanol–water partition coefficient (Wildman–Crippen LogP) is 1.74. The monoisotopic (exact) mass is 252 g/mol. The van der Waals surface area contributed by atoms with Crippen LogP contribution in [0.4, 0.5) is 13.2 Å². The van der Waals surface area contributed by atoms with E-state index in [-0.39, 0.29) is 5.69 Å². The molecular formula is C11H7F3N4. The average Bonchev–Trinajstić information content (AvgIpc) is 2.81. The largest absolute Gasteiger partial charge is 0.433 e. The molecule has 0 saturated heterocycles. The second-order valence-electron chi connectivity index (χ2n) is 3.32. The fraction of sp³-hybridized carbons (Fsp3) is 0.182. The first kappa shape index (κ1) is 12.1. The van der Waals surface area contributed by atoms with E-state index in [1.54, 1.807) is 23.3 Å². The van der Waals surface area contributed by atoms with Crippen LogP contribution in [0, 0.1) is 11.8 Å². The summed E-state index contributed by atoms with van der Waals surface area (Å²) in [5.41, 5.74) is -0.957. The molecule has 2 rings (SSSR count). The Morgan fingerprint density at radius 3 is 2.78 bits per heavy atom. The van der Waals surface area contributed by atoms with Crippen LogP contribution in [-0.2, 0) is 12.7 Å². The maximum Gasteiger partial charge on any atom is 0.433 e. The molecule has 0 fully saturated rings. The highest BCUT2D eigenvalue weighted by Gasteiger charge is 2.32. The lowest BCUT2D eigenvalue weighted by molar-refractivity contribution is -0.141. The number of hydrogen-bond acceptors (Lipinski definition) is 3. The number of rotatable bonds is 1. The van der Waals surface area contributed by atoms with Crippen molar-refractivity contribution in [2.45, 2.75) is 12.7 Å². The van der Waals surface area contributed by atoms with Gasteiger partial charge in [0.25, 0.3) is 0 Å². The second kappa shape index (κ2) is 4.87. The van der Waals surface area contributed by atoms with Gasteiger partial charge < -0.3 is 4.57 Å². The fourth-order valence-electron chi connectivity index (χ4n) is 1.18. The standard InChI is InChI=1S/C11H7F3N4/c12-11(13,14)10-6-9(16-7-17-10)2-1-4-18-5-3-15-8-18/h3,5-8H,4H2. The Morgan fingerprint density at radius 2 is 2.11 bits per heavy atom. The summed E-state index contributed by atoms with van der Waals surface area (Å²) in [5.74, 6) is 5.24. The predicted molar refractivity (Wildman–Crippen MR) is 56.1 cm³/mol. The van der Waals surface area contributed by atoms with Crippen LogP contribution in [0.25, 0.3) is 0 Å². The minimum Gasteiger partial charge on any atom is -0.326 e. The van der Waals surface area contributed by atoms with E-state index in [0.29, 0.717) is 6.54 Å². The van der Waals surface area contributed by atoms with Gasteiger partial charge in [0.05, 0.1) is 12.9 Å². The van der Waals surface area contributed by atoms with E-state index in [4.69, 9.17) is 0 Å². The average molecular weight is 252 g/mol. The molecule has 2 aromatic heterocycles. The van der Waals surface area contributed by atoms with Crippen LogP contribution in [0.1, 0.15) is 11.4 Å². The molecule has 2 aromatic rings. The highest BCUT2D eigenvalue weighted by molar-refractivity contribution is 5.28. The van der Waals surface area contributed by atoms with Crippen molar-refractivity contribution in [2.24, 2.45) is 0 Å². The summed E-state index contributed by atoms with van der Waals surface area (Å²) >= 11 is 0. The van der Waals surface area contributed by atoms with Gasteiger partial charge in [-0.2, -0.15) is 13.2 Å². The van der Waals surface area contributed by atoms with Crippen LogP contribution in [0.2, 0.25) is 0 Å². The summed E-state index contributed by atoms with van der Waals surface area (Å²) in [4.78, 5) is 10.6. The molecule has 92 valence electrons. The Bertz CT molecular complexity index is 578. The molecule has 0 spiro atoms. The van der Waals surface area contributed by atoms with Crippen molar-refractivity contribution in [1.82, 2.24) is 19.5 Å². The SMILES string of the molecule is FC(F)(F)c1cc(C#CCn2ccnc2)ncn1. The van der Waals surface area contributed by atoms with Gasteiger partial charge in [-0.05, 0) is 5.92 Å². The summed E-state index contributed by atoms with van der Waals surface area (Å²) in [7, 11) is 0. The van der Waals surface area contributed by atoms with Gasteiger partial charge in [-0.25, -0.2) is 15.0 Å². The van der Waals surface area contributed by atoms with Gasteiger partial charge in [-0.3, -0.25) is 0 Å². The van der Waals surface area contributed by atoms with Crippen molar-refractivity contribution < 1.29 is 13.2 Å². The van der Waals surface area contributed by atoms with E-state index in [2.05, 4.69) is 26.8 Å². The summed E-state index contributed by atoms with van der Waals surface area (Å²) in [6, 6.07) is 0.820. The number of imidazole rings is 1. The van der Waals surface area contributed by atoms with Crippen LogP contribution in [0.5, 0.6) is 0 Å². The molecular weight excluding hydrogens is 245 g/mol. The normalized spacial score (nSPS) is 10.8. The van der Waals surface area contributed by atoms with Gasteiger partial charge in [-0.15, -0.1) is 0 Å². The third kappa shape index (κ3) is 3.07. The minimum absolute atomic E-state index is 0.0393. The zero-order valence-corrected chi connectivity index (χ0v) is 9.02. The molecule has 0 saturated carbocycles. The molecule has 0 unspecified atom stereocenters. The quantitative estimate of drug-likeness (QED) is 0.726. The molecule has 18 heavy (non-hydrogen) atoms. The number of hydrogen-bond donors (Lipinski definition) is 0. The topological polar surface area (TPSA) is 43.6 Å². The summed E-state index contributed by atoms with van der Waals surface area (Å²) in [6.07, 6.45) is 1.23. The molecule has 0 bridgehead atoms. The van der Waals surface area contributed by atoms with E-state index in [1.165, 1.54) is 0 Å². The first-order valence-corrected chi connectivity index (χ1v) is 4.89. The molecule has 0 aliphatic heterocycles. The summed E-state index contributed by atoms with van der Waals surface area (Å²) < 4.78 is 38.8. The first-order valence-electron chi connectivity index (χ1n) is 4.89. The van der Waals surface area contributed by atoms with Crippen molar-refractivity contribution in [3.63, 3.8) is 0 Å². The van der Waals surface area contributed by atoms with E-state index >= 15 is 0 Å². The number of nitrogens with zero attached hydrogens (tertiary/aromatic N) is 4. The van der Waals surface area contributed by atoms with Crippen molar-refractivity contribution in [1.29, 1.82) is 0 Å². The molecule has 0 aliphatic rings. The van der Waals surface area contributed by atoms with Gasteiger partial charge in [0, 0.05) is 18.5 Å². The van der Waals surface area contributed by atoms with E-state index in [1.807, 2.05) is 0 Å². The van der Waals surface area contributed by atoms with Crippen LogP contribution in [0.15, 0.2) is 31.1 Å². The Morgan fingerprint density at radius 1 is 1.28 bits per heavy atom. The van der Waals surface area contributed by atoms with Gasteiger partial charge in [-0.1, -0.05) is 5.92 Å². The molecule has 4 nitrogen and oxygen atoms in total. The van der Waals surface area contributed by atoms with Crippen LogP contribution in [-0.4, -0.2) is 19.5 Å². The maximum absolute atomic E-state index is 12.4. The smallest absolute Gasteiger partial charge is 0.326 e. The number of halogens is 3. The van der Waals surface area contributed by atoms with Crippen LogP contribution in [0.3, 0.4) is 0 Å². The van der Waals surface area contributed by atoms with E-state index in [9.17, 15) is 13.2 Å². The lowest BCUT2D eigenvalue weighted by Crippen LogP contribution is -2.08. The minimum atomic E-state index is -4.48. The summed E-state index contributed by atoms with van der Waals surface area (Å²) in [5, 5.41) is 0. The lowest BCUT2D eigenvalue weighted by Gasteiger charge is -2.03. The molecule has 0 N–H and O–H groups in total.